The van der Waals surface area contributed by atoms with Crippen LogP contribution in [0.3, 0.4) is 0 Å². The Hall–Kier alpha value is -2.12. The average Bonchev–Trinajstić information content (AvgIpc) is 3.25. The van der Waals surface area contributed by atoms with Crippen LogP contribution in [0.4, 0.5) is 5.69 Å². The molecule has 0 spiro atoms. The third-order valence-corrected chi connectivity index (χ3v) is 5.60. The van der Waals surface area contributed by atoms with E-state index in [4.69, 9.17) is 16.0 Å². The van der Waals surface area contributed by atoms with Crippen LogP contribution < -0.4 is 10.2 Å². The van der Waals surface area contributed by atoms with Gasteiger partial charge in [-0.1, -0.05) is 17.7 Å². The van der Waals surface area contributed by atoms with E-state index in [0.29, 0.717) is 24.5 Å². The monoisotopic (exact) mass is 421 g/mol. The topological polar surface area (TPSA) is 65.8 Å². The van der Waals surface area contributed by atoms with Crippen molar-refractivity contribution in [3.63, 3.8) is 0 Å². The van der Waals surface area contributed by atoms with Crippen LogP contribution in [0.1, 0.15) is 17.0 Å². The number of anilines is 1. The third-order valence-electron chi connectivity index (χ3n) is 4.72. The molecule has 1 saturated heterocycles. The number of benzene rings is 1. The Morgan fingerprint density at radius 3 is 2.64 bits per heavy atom. The predicted octanol–water partition coefficient (Wildman–Crippen LogP) is 3.13. The van der Waals surface area contributed by atoms with Crippen LogP contribution in [0.15, 0.2) is 47.1 Å². The summed E-state index contributed by atoms with van der Waals surface area (Å²) < 4.78 is 5.14. The standard InChI is InChI=1S/C20H24ClN3O3S/c1-28-13-7-17(22-19(25)18-6-3-12-27-18)20(26)24-10-8-23(9-11-24)16-5-2-4-15(21)14-16/h2-6,12,14,17H,7-11,13H2,1H3,(H,22,25)/t17-/m0/s1. The molecule has 0 unspecified atom stereocenters. The van der Waals surface area contributed by atoms with E-state index in [0.717, 1.165) is 24.5 Å². The molecule has 8 heteroatoms. The molecule has 1 aliphatic heterocycles. The number of thioether (sulfide) groups is 1. The highest BCUT2D eigenvalue weighted by molar-refractivity contribution is 7.98. The van der Waals surface area contributed by atoms with Crippen LogP contribution in [0.2, 0.25) is 5.02 Å². The molecule has 0 radical (unpaired) electrons. The molecule has 3 rings (SSSR count). The summed E-state index contributed by atoms with van der Waals surface area (Å²) in [5, 5.41) is 3.54. The highest BCUT2D eigenvalue weighted by Crippen LogP contribution is 2.21. The Morgan fingerprint density at radius 1 is 1.21 bits per heavy atom. The Balaban J connectivity index is 1.60. The van der Waals surface area contributed by atoms with E-state index in [1.807, 2.05) is 35.4 Å². The van der Waals surface area contributed by atoms with E-state index in [1.54, 1.807) is 23.9 Å². The van der Waals surface area contributed by atoms with E-state index in [9.17, 15) is 9.59 Å². The highest BCUT2D eigenvalue weighted by Gasteiger charge is 2.29. The number of piperazine rings is 1. The lowest BCUT2D eigenvalue weighted by Gasteiger charge is -2.37. The second-order valence-electron chi connectivity index (χ2n) is 6.58. The van der Waals surface area contributed by atoms with Crippen LogP contribution in [-0.4, -0.2) is 60.9 Å². The van der Waals surface area contributed by atoms with Crippen molar-refractivity contribution >= 4 is 40.9 Å². The lowest BCUT2D eigenvalue weighted by Crippen LogP contribution is -2.55. The molecule has 1 fully saturated rings. The van der Waals surface area contributed by atoms with Crippen molar-refractivity contribution in [3.8, 4) is 0 Å². The van der Waals surface area contributed by atoms with Gasteiger partial charge in [0, 0.05) is 36.9 Å². The van der Waals surface area contributed by atoms with Crippen molar-refractivity contribution < 1.29 is 14.0 Å². The van der Waals surface area contributed by atoms with Crippen LogP contribution in [0.5, 0.6) is 0 Å². The first-order valence-corrected chi connectivity index (χ1v) is 11.0. The molecule has 2 amide bonds. The molecule has 0 saturated carbocycles. The molecule has 2 aromatic rings. The summed E-state index contributed by atoms with van der Waals surface area (Å²) in [6.45, 7) is 2.68. The maximum Gasteiger partial charge on any atom is 0.287 e. The highest BCUT2D eigenvalue weighted by atomic mass is 35.5. The summed E-state index contributed by atoms with van der Waals surface area (Å²) in [5.41, 5.74) is 1.06. The second kappa shape index (κ2) is 9.89. The SMILES string of the molecule is CSCC[C@H](NC(=O)c1ccco1)C(=O)N1CCN(c2cccc(Cl)c2)CC1. The number of amides is 2. The molecule has 6 nitrogen and oxygen atoms in total. The maximum atomic E-state index is 13.0. The van der Waals surface area contributed by atoms with Gasteiger partial charge in [-0.2, -0.15) is 11.8 Å². The zero-order valence-corrected chi connectivity index (χ0v) is 17.3. The minimum Gasteiger partial charge on any atom is -0.459 e. The van der Waals surface area contributed by atoms with Gasteiger partial charge >= 0.3 is 0 Å². The van der Waals surface area contributed by atoms with Crippen LogP contribution in [0, 0.1) is 0 Å². The molecule has 1 N–H and O–H groups in total. The Labute approximate surface area is 174 Å². The van der Waals surface area contributed by atoms with Gasteiger partial charge in [0.2, 0.25) is 5.91 Å². The first-order chi connectivity index (χ1) is 13.6. The molecule has 1 aromatic carbocycles. The minimum atomic E-state index is -0.553. The number of halogens is 1. The molecule has 28 heavy (non-hydrogen) atoms. The summed E-state index contributed by atoms with van der Waals surface area (Å²) in [6, 6.07) is 10.4. The molecule has 1 aliphatic rings. The van der Waals surface area contributed by atoms with E-state index in [2.05, 4.69) is 10.2 Å². The molecule has 1 aromatic heterocycles. The quantitative estimate of drug-likeness (QED) is 0.744. The van der Waals surface area contributed by atoms with Gasteiger partial charge in [-0.3, -0.25) is 9.59 Å². The van der Waals surface area contributed by atoms with Gasteiger partial charge in [0.05, 0.1) is 6.26 Å². The van der Waals surface area contributed by atoms with E-state index < -0.39 is 6.04 Å². The van der Waals surface area contributed by atoms with Crippen LogP contribution >= 0.6 is 23.4 Å². The van der Waals surface area contributed by atoms with Crippen LogP contribution in [0.25, 0.3) is 0 Å². The van der Waals surface area contributed by atoms with Gasteiger partial charge in [-0.15, -0.1) is 0 Å². The van der Waals surface area contributed by atoms with Gasteiger partial charge in [-0.05, 0) is 48.8 Å². The largest absolute Gasteiger partial charge is 0.459 e. The summed E-state index contributed by atoms with van der Waals surface area (Å²) in [4.78, 5) is 29.4. The second-order valence-corrected chi connectivity index (χ2v) is 8.00. The summed E-state index contributed by atoms with van der Waals surface area (Å²) in [7, 11) is 0. The fraction of sp³-hybridized carbons (Fsp3) is 0.400. The lowest BCUT2D eigenvalue weighted by molar-refractivity contribution is -0.133. The smallest absolute Gasteiger partial charge is 0.287 e. The summed E-state index contributed by atoms with van der Waals surface area (Å²) >= 11 is 7.73. The fourth-order valence-corrected chi connectivity index (χ4v) is 3.86. The Kier molecular flexibility index (Phi) is 7.28. The van der Waals surface area contributed by atoms with E-state index in [1.165, 1.54) is 6.26 Å². The van der Waals surface area contributed by atoms with Crippen LogP contribution in [-0.2, 0) is 4.79 Å². The number of hydrogen-bond donors (Lipinski definition) is 1. The fourth-order valence-electron chi connectivity index (χ4n) is 3.21. The van der Waals surface area contributed by atoms with Crippen molar-refractivity contribution in [3.05, 3.63) is 53.4 Å². The zero-order valence-electron chi connectivity index (χ0n) is 15.8. The molecular weight excluding hydrogens is 398 g/mol. The lowest BCUT2D eigenvalue weighted by atomic mass is 10.1. The van der Waals surface area contributed by atoms with Crippen molar-refractivity contribution in [2.45, 2.75) is 12.5 Å². The number of carbonyl (C=O) groups is 2. The number of nitrogens with one attached hydrogen (secondary N) is 1. The predicted molar refractivity (Wildman–Crippen MR) is 113 cm³/mol. The van der Waals surface area contributed by atoms with Crippen molar-refractivity contribution in [2.75, 3.05) is 43.1 Å². The first-order valence-electron chi connectivity index (χ1n) is 9.21. The molecule has 1 atom stereocenters. The average molecular weight is 422 g/mol. The van der Waals surface area contributed by atoms with Crippen molar-refractivity contribution in [2.24, 2.45) is 0 Å². The molecule has 150 valence electrons. The zero-order chi connectivity index (χ0) is 19.9. The molecule has 2 heterocycles. The molecule has 0 aliphatic carbocycles. The molecule has 0 bridgehead atoms. The first kappa shape index (κ1) is 20.6. The van der Waals surface area contributed by atoms with Gasteiger partial charge in [0.1, 0.15) is 6.04 Å². The Bertz CT molecular complexity index is 792. The summed E-state index contributed by atoms with van der Waals surface area (Å²) in [6.07, 6.45) is 4.02. The normalized spacial score (nSPS) is 15.4. The summed E-state index contributed by atoms with van der Waals surface area (Å²) in [5.74, 6) is 0.603. The van der Waals surface area contributed by atoms with Gasteiger partial charge < -0.3 is 19.5 Å². The number of rotatable bonds is 7. The number of nitrogens with zero attached hydrogens (tertiary/aromatic N) is 2. The third kappa shape index (κ3) is 5.23. The van der Waals surface area contributed by atoms with Gasteiger partial charge in [0.15, 0.2) is 5.76 Å². The number of furan rings is 1. The van der Waals surface area contributed by atoms with E-state index >= 15 is 0 Å². The molecular formula is C20H24ClN3O3S. The van der Waals surface area contributed by atoms with Gasteiger partial charge in [-0.25, -0.2) is 0 Å². The minimum absolute atomic E-state index is 0.0419. The van der Waals surface area contributed by atoms with E-state index in [-0.39, 0.29) is 17.6 Å². The van der Waals surface area contributed by atoms with Crippen molar-refractivity contribution in [1.82, 2.24) is 10.2 Å². The van der Waals surface area contributed by atoms with Crippen molar-refractivity contribution in [1.29, 1.82) is 0 Å². The number of carbonyl (C=O) groups excluding carboxylic acids is 2. The maximum absolute atomic E-state index is 13.0. The Morgan fingerprint density at radius 2 is 2.00 bits per heavy atom. The number of hydrogen-bond acceptors (Lipinski definition) is 5. The van der Waals surface area contributed by atoms with Gasteiger partial charge in [0.25, 0.3) is 5.91 Å².